The van der Waals surface area contributed by atoms with Crippen molar-refractivity contribution in [3.05, 3.63) is 0 Å². The van der Waals surface area contributed by atoms with Gasteiger partial charge in [0.15, 0.2) is 0 Å². The Hall–Kier alpha value is -0.0800. The van der Waals surface area contributed by atoms with E-state index in [4.69, 9.17) is 0 Å². The van der Waals surface area contributed by atoms with Gasteiger partial charge in [-0.15, -0.1) is 0 Å². The van der Waals surface area contributed by atoms with Crippen LogP contribution in [0.4, 0.5) is 0 Å². The van der Waals surface area contributed by atoms with Crippen molar-refractivity contribution in [1.29, 1.82) is 0 Å². The van der Waals surface area contributed by atoms with Crippen molar-refractivity contribution in [2.45, 2.75) is 135 Å². The van der Waals surface area contributed by atoms with Gasteiger partial charge in [0.1, 0.15) is 0 Å². The van der Waals surface area contributed by atoms with E-state index < -0.39 is 5.60 Å². The van der Waals surface area contributed by atoms with E-state index in [2.05, 4.69) is 32.8 Å². The average Bonchev–Trinajstić information content (AvgIpc) is 2.59. The molecule has 0 fully saturated rings. The number of nitrogens with zero attached hydrogens (tertiary/aromatic N) is 1. The maximum Gasteiger partial charge on any atom is 0.0773 e. The summed E-state index contributed by atoms with van der Waals surface area (Å²) in [5.74, 6) is 0. The Kier molecular flexibility index (Phi) is 18.2. The Labute approximate surface area is 166 Å². The second kappa shape index (κ2) is 18.3. The molecular formula is C24H51NO. The third kappa shape index (κ3) is 17.3. The molecular weight excluding hydrogens is 318 g/mol. The SMILES string of the molecule is CCCCCCCCCCC(O)(CCCCCCCCCC)CN(C)C. The van der Waals surface area contributed by atoms with Crippen molar-refractivity contribution in [2.24, 2.45) is 0 Å². The quantitative estimate of drug-likeness (QED) is 0.227. The Morgan fingerprint density at radius 2 is 0.846 bits per heavy atom. The molecule has 0 aliphatic carbocycles. The first kappa shape index (κ1) is 25.9. The molecule has 0 aliphatic rings. The highest BCUT2D eigenvalue weighted by atomic mass is 16.3. The van der Waals surface area contributed by atoms with E-state index in [-0.39, 0.29) is 0 Å². The molecule has 0 aromatic rings. The lowest BCUT2D eigenvalue weighted by Crippen LogP contribution is -2.40. The van der Waals surface area contributed by atoms with Gasteiger partial charge in [0.2, 0.25) is 0 Å². The highest BCUT2D eigenvalue weighted by Gasteiger charge is 2.26. The molecule has 0 radical (unpaired) electrons. The Morgan fingerprint density at radius 3 is 1.15 bits per heavy atom. The Morgan fingerprint density at radius 1 is 0.538 bits per heavy atom. The van der Waals surface area contributed by atoms with Gasteiger partial charge < -0.3 is 10.0 Å². The lowest BCUT2D eigenvalue weighted by molar-refractivity contribution is -0.00413. The van der Waals surface area contributed by atoms with Gasteiger partial charge in [-0.3, -0.25) is 0 Å². The second-order valence-electron chi connectivity index (χ2n) is 8.91. The molecule has 0 saturated carbocycles. The predicted molar refractivity (Wildman–Crippen MR) is 118 cm³/mol. The molecule has 0 aromatic carbocycles. The lowest BCUT2D eigenvalue weighted by Gasteiger charge is -2.31. The maximum absolute atomic E-state index is 11.1. The predicted octanol–water partition coefficient (Wildman–Crippen LogP) is 7.34. The molecule has 0 atom stereocenters. The molecule has 0 rings (SSSR count). The van der Waals surface area contributed by atoms with Crippen molar-refractivity contribution in [3.8, 4) is 0 Å². The van der Waals surface area contributed by atoms with Crippen LogP contribution in [0.15, 0.2) is 0 Å². The molecule has 26 heavy (non-hydrogen) atoms. The Balaban J connectivity index is 3.82. The van der Waals surface area contributed by atoms with E-state index in [1.54, 1.807) is 0 Å². The molecule has 0 aliphatic heterocycles. The number of rotatable bonds is 20. The van der Waals surface area contributed by atoms with Crippen LogP contribution < -0.4 is 0 Å². The highest BCUT2D eigenvalue weighted by molar-refractivity contribution is 4.81. The molecule has 0 heterocycles. The largest absolute Gasteiger partial charge is 0.389 e. The van der Waals surface area contributed by atoms with Crippen LogP contribution in [-0.4, -0.2) is 36.2 Å². The van der Waals surface area contributed by atoms with Crippen LogP contribution >= 0.6 is 0 Å². The van der Waals surface area contributed by atoms with Crippen molar-refractivity contribution in [1.82, 2.24) is 4.90 Å². The van der Waals surface area contributed by atoms with Gasteiger partial charge in [-0.1, -0.05) is 117 Å². The molecule has 0 amide bonds. The fourth-order valence-corrected chi connectivity index (χ4v) is 4.05. The van der Waals surface area contributed by atoms with Crippen molar-refractivity contribution in [2.75, 3.05) is 20.6 Å². The summed E-state index contributed by atoms with van der Waals surface area (Å²) in [4.78, 5) is 2.16. The highest BCUT2D eigenvalue weighted by Crippen LogP contribution is 2.24. The fraction of sp³-hybridized carbons (Fsp3) is 1.00. The average molecular weight is 370 g/mol. The van der Waals surface area contributed by atoms with E-state index in [0.717, 1.165) is 19.4 Å². The second-order valence-corrected chi connectivity index (χ2v) is 8.91. The maximum atomic E-state index is 11.1. The van der Waals surface area contributed by atoms with Crippen molar-refractivity contribution < 1.29 is 5.11 Å². The first-order valence-corrected chi connectivity index (χ1v) is 11.9. The lowest BCUT2D eigenvalue weighted by atomic mass is 9.89. The molecule has 1 N–H and O–H groups in total. The molecule has 0 unspecified atom stereocenters. The van der Waals surface area contributed by atoms with Gasteiger partial charge in [0, 0.05) is 6.54 Å². The normalized spacial score (nSPS) is 12.2. The van der Waals surface area contributed by atoms with Gasteiger partial charge in [-0.2, -0.15) is 0 Å². The number of unbranched alkanes of at least 4 members (excludes halogenated alkanes) is 14. The topological polar surface area (TPSA) is 23.5 Å². The van der Waals surface area contributed by atoms with Gasteiger partial charge in [0.25, 0.3) is 0 Å². The number of hydrogen-bond acceptors (Lipinski definition) is 2. The first-order chi connectivity index (χ1) is 12.5. The summed E-state index contributed by atoms with van der Waals surface area (Å²) in [5.41, 5.74) is -0.464. The Bertz CT molecular complexity index is 257. The van der Waals surface area contributed by atoms with Gasteiger partial charge in [0.05, 0.1) is 5.60 Å². The van der Waals surface area contributed by atoms with Gasteiger partial charge >= 0.3 is 0 Å². The van der Waals surface area contributed by atoms with E-state index in [0.29, 0.717) is 0 Å². The van der Waals surface area contributed by atoms with Gasteiger partial charge in [-0.05, 0) is 26.9 Å². The zero-order valence-electron chi connectivity index (χ0n) is 18.8. The number of likely N-dealkylation sites (N-methyl/N-ethyl adjacent to an activating group) is 1. The summed E-state index contributed by atoms with van der Waals surface area (Å²) < 4.78 is 0. The molecule has 158 valence electrons. The van der Waals surface area contributed by atoms with Crippen LogP contribution in [-0.2, 0) is 0 Å². The van der Waals surface area contributed by atoms with Crippen molar-refractivity contribution in [3.63, 3.8) is 0 Å². The zero-order valence-corrected chi connectivity index (χ0v) is 18.8. The van der Waals surface area contributed by atoms with Gasteiger partial charge in [-0.25, -0.2) is 0 Å². The summed E-state index contributed by atoms with van der Waals surface area (Å²) in [6.45, 7) is 5.37. The van der Waals surface area contributed by atoms with E-state index in [1.165, 1.54) is 103 Å². The molecule has 0 bridgehead atoms. The zero-order chi connectivity index (χ0) is 19.5. The van der Waals surface area contributed by atoms with Crippen LogP contribution in [0.3, 0.4) is 0 Å². The minimum Gasteiger partial charge on any atom is -0.389 e. The number of aliphatic hydroxyl groups is 1. The molecule has 0 spiro atoms. The van der Waals surface area contributed by atoms with Crippen LogP contribution in [0.1, 0.15) is 129 Å². The standard InChI is InChI=1S/C24H51NO/c1-5-7-9-11-13-15-17-19-21-24(26,23-25(3)4)22-20-18-16-14-12-10-8-6-2/h26H,5-23H2,1-4H3. The van der Waals surface area contributed by atoms with Crippen molar-refractivity contribution >= 4 is 0 Å². The summed E-state index contributed by atoms with van der Waals surface area (Å²) in [7, 11) is 4.18. The van der Waals surface area contributed by atoms with E-state index in [1.807, 2.05) is 0 Å². The molecule has 0 aromatic heterocycles. The third-order valence-electron chi connectivity index (χ3n) is 5.60. The van der Waals surface area contributed by atoms with Crippen LogP contribution in [0, 0.1) is 0 Å². The third-order valence-corrected chi connectivity index (χ3v) is 5.60. The first-order valence-electron chi connectivity index (χ1n) is 11.9. The smallest absolute Gasteiger partial charge is 0.0773 e. The van der Waals surface area contributed by atoms with Crippen LogP contribution in [0.2, 0.25) is 0 Å². The number of hydrogen-bond donors (Lipinski definition) is 1. The monoisotopic (exact) mass is 369 g/mol. The fourth-order valence-electron chi connectivity index (χ4n) is 4.05. The van der Waals surface area contributed by atoms with E-state index >= 15 is 0 Å². The van der Waals surface area contributed by atoms with Crippen LogP contribution in [0.25, 0.3) is 0 Å². The van der Waals surface area contributed by atoms with E-state index in [9.17, 15) is 5.11 Å². The molecule has 2 heteroatoms. The minimum atomic E-state index is -0.464. The molecule has 2 nitrogen and oxygen atoms in total. The summed E-state index contributed by atoms with van der Waals surface area (Å²) in [6.07, 6.45) is 23.4. The minimum absolute atomic E-state index is 0.464. The molecule has 0 saturated heterocycles. The summed E-state index contributed by atoms with van der Waals surface area (Å²) >= 11 is 0. The summed E-state index contributed by atoms with van der Waals surface area (Å²) in [6, 6.07) is 0. The summed E-state index contributed by atoms with van der Waals surface area (Å²) in [5, 5.41) is 11.1. The van der Waals surface area contributed by atoms with Crippen LogP contribution in [0.5, 0.6) is 0 Å².